The van der Waals surface area contributed by atoms with Crippen LogP contribution in [-0.4, -0.2) is 29.3 Å². The van der Waals surface area contributed by atoms with Crippen LogP contribution in [0, 0.1) is 0 Å². The molecule has 1 unspecified atom stereocenters. The lowest BCUT2D eigenvalue weighted by molar-refractivity contribution is -0.121. The lowest BCUT2D eigenvalue weighted by Crippen LogP contribution is -2.26. The third-order valence-corrected chi connectivity index (χ3v) is 5.31. The first-order valence-electron chi connectivity index (χ1n) is 9.24. The summed E-state index contributed by atoms with van der Waals surface area (Å²) in [5, 5.41) is 8.97. The second-order valence-electron chi connectivity index (χ2n) is 6.53. The first-order valence-corrected chi connectivity index (χ1v) is 10.1. The minimum absolute atomic E-state index is 0.0135. The molecule has 3 heterocycles. The van der Waals surface area contributed by atoms with Gasteiger partial charge in [-0.1, -0.05) is 17.3 Å². The largest absolute Gasteiger partial charge is 0.486 e. The van der Waals surface area contributed by atoms with E-state index < -0.39 is 0 Å². The molecule has 0 radical (unpaired) electrons. The predicted molar refractivity (Wildman–Crippen MR) is 105 cm³/mol. The number of ether oxygens (including phenoxy) is 2. The Balaban J connectivity index is 1.25. The zero-order valence-electron chi connectivity index (χ0n) is 15.5. The Bertz CT molecular complexity index is 939. The highest BCUT2D eigenvalue weighted by molar-refractivity contribution is 7.13. The predicted octanol–water partition coefficient (Wildman–Crippen LogP) is 3.77. The highest BCUT2D eigenvalue weighted by atomic mass is 32.1. The third-order valence-electron chi connectivity index (χ3n) is 4.45. The van der Waals surface area contributed by atoms with Crippen LogP contribution in [-0.2, 0) is 11.2 Å². The van der Waals surface area contributed by atoms with Crippen LogP contribution < -0.4 is 14.8 Å². The summed E-state index contributed by atoms with van der Waals surface area (Å²) >= 11 is 1.57. The molecule has 4 rings (SSSR count). The van der Waals surface area contributed by atoms with Gasteiger partial charge in [-0.25, -0.2) is 0 Å². The molecule has 1 aromatic carbocycles. The molecule has 0 aliphatic carbocycles. The van der Waals surface area contributed by atoms with Gasteiger partial charge in [0, 0.05) is 12.8 Å². The molecule has 0 spiro atoms. The molecule has 28 heavy (non-hydrogen) atoms. The number of fused-ring (bicyclic) bond motifs is 1. The van der Waals surface area contributed by atoms with Gasteiger partial charge in [0.15, 0.2) is 11.5 Å². The number of thiophene rings is 1. The van der Waals surface area contributed by atoms with Gasteiger partial charge in [0.25, 0.3) is 0 Å². The number of aryl methyl sites for hydroxylation is 1. The van der Waals surface area contributed by atoms with Crippen LogP contribution in [0.1, 0.15) is 37.3 Å². The van der Waals surface area contributed by atoms with Gasteiger partial charge in [0.05, 0.1) is 10.9 Å². The number of nitrogens with zero attached hydrogens (tertiary/aromatic N) is 2. The number of rotatable bonds is 7. The van der Waals surface area contributed by atoms with E-state index in [2.05, 4.69) is 15.5 Å². The molecule has 1 atom stereocenters. The molecule has 0 saturated heterocycles. The van der Waals surface area contributed by atoms with Crippen molar-refractivity contribution >= 4 is 17.2 Å². The van der Waals surface area contributed by atoms with Gasteiger partial charge in [-0.3, -0.25) is 4.79 Å². The van der Waals surface area contributed by atoms with Gasteiger partial charge < -0.3 is 19.3 Å². The Morgan fingerprint density at radius 1 is 1.25 bits per heavy atom. The summed E-state index contributed by atoms with van der Waals surface area (Å²) in [5.41, 5.74) is 0.982. The van der Waals surface area contributed by atoms with Crippen LogP contribution in [0.5, 0.6) is 11.5 Å². The Morgan fingerprint density at radius 3 is 2.93 bits per heavy atom. The number of amides is 1. The van der Waals surface area contributed by atoms with E-state index in [4.69, 9.17) is 14.0 Å². The number of carbonyl (C=O) groups is 1. The van der Waals surface area contributed by atoms with E-state index in [-0.39, 0.29) is 11.9 Å². The summed E-state index contributed by atoms with van der Waals surface area (Å²) in [7, 11) is 0. The van der Waals surface area contributed by atoms with Crippen molar-refractivity contribution in [2.45, 2.75) is 32.2 Å². The minimum Gasteiger partial charge on any atom is -0.486 e. The third kappa shape index (κ3) is 4.33. The average molecular weight is 399 g/mol. The average Bonchev–Trinajstić information content (AvgIpc) is 3.39. The van der Waals surface area contributed by atoms with E-state index >= 15 is 0 Å². The van der Waals surface area contributed by atoms with E-state index in [1.165, 1.54) is 0 Å². The number of aromatic nitrogens is 2. The zero-order valence-corrected chi connectivity index (χ0v) is 16.3. The van der Waals surface area contributed by atoms with E-state index in [1.54, 1.807) is 11.3 Å². The maximum absolute atomic E-state index is 12.3. The summed E-state index contributed by atoms with van der Waals surface area (Å²) in [4.78, 5) is 17.6. The number of hydrogen-bond donors (Lipinski definition) is 1. The van der Waals surface area contributed by atoms with Crippen molar-refractivity contribution in [1.82, 2.24) is 15.5 Å². The van der Waals surface area contributed by atoms with E-state index in [1.807, 2.05) is 42.6 Å². The fourth-order valence-electron chi connectivity index (χ4n) is 2.99. The molecule has 7 nitrogen and oxygen atoms in total. The number of carbonyl (C=O) groups excluding carboxylic acids is 1. The van der Waals surface area contributed by atoms with E-state index in [0.29, 0.717) is 44.2 Å². The topological polar surface area (TPSA) is 86.5 Å². The van der Waals surface area contributed by atoms with Gasteiger partial charge in [-0.05, 0) is 42.5 Å². The highest BCUT2D eigenvalue weighted by Gasteiger charge is 2.16. The van der Waals surface area contributed by atoms with Gasteiger partial charge in [-0.15, -0.1) is 11.3 Å². The number of benzene rings is 1. The zero-order chi connectivity index (χ0) is 19.3. The Morgan fingerprint density at radius 2 is 2.11 bits per heavy atom. The van der Waals surface area contributed by atoms with Crippen molar-refractivity contribution in [3.63, 3.8) is 0 Å². The molecule has 2 aromatic heterocycles. The molecule has 146 valence electrons. The molecule has 1 N–H and O–H groups in total. The van der Waals surface area contributed by atoms with Crippen molar-refractivity contribution in [3.8, 4) is 22.2 Å². The summed E-state index contributed by atoms with van der Waals surface area (Å²) in [6.07, 6.45) is 1.61. The monoisotopic (exact) mass is 399 g/mol. The molecule has 3 aromatic rings. The quantitative estimate of drug-likeness (QED) is 0.651. The summed E-state index contributed by atoms with van der Waals surface area (Å²) < 4.78 is 16.4. The fraction of sp³-hybridized carbons (Fsp3) is 0.350. The van der Waals surface area contributed by atoms with Crippen molar-refractivity contribution in [2.75, 3.05) is 13.2 Å². The van der Waals surface area contributed by atoms with Gasteiger partial charge in [-0.2, -0.15) is 4.98 Å². The Labute approximate surface area is 166 Å². The summed E-state index contributed by atoms with van der Waals surface area (Å²) in [6.45, 7) is 3.06. The molecule has 0 saturated carbocycles. The maximum Gasteiger partial charge on any atom is 0.226 e. The fourth-order valence-corrected chi connectivity index (χ4v) is 3.64. The molecule has 1 aliphatic heterocycles. The van der Waals surface area contributed by atoms with Crippen molar-refractivity contribution in [1.29, 1.82) is 0 Å². The molecule has 0 fully saturated rings. The smallest absolute Gasteiger partial charge is 0.226 e. The van der Waals surface area contributed by atoms with Crippen LogP contribution in [0.3, 0.4) is 0 Å². The first-order chi connectivity index (χ1) is 13.7. The van der Waals surface area contributed by atoms with E-state index in [0.717, 1.165) is 21.9 Å². The van der Waals surface area contributed by atoms with Crippen molar-refractivity contribution in [3.05, 3.63) is 47.2 Å². The van der Waals surface area contributed by atoms with E-state index in [9.17, 15) is 4.79 Å². The van der Waals surface area contributed by atoms with Crippen LogP contribution in [0.4, 0.5) is 0 Å². The standard InChI is InChI=1S/C20H21N3O4S/c1-13(14-7-8-15-16(12-14)26-10-9-25-15)21-18(24)5-2-6-19-22-20(23-27-19)17-4-3-11-28-17/h3-4,7-8,11-13H,2,5-6,9-10H2,1H3,(H,21,24). The van der Waals surface area contributed by atoms with Crippen LogP contribution in [0.15, 0.2) is 40.2 Å². The minimum atomic E-state index is -0.114. The van der Waals surface area contributed by atoms with Crippen molar-refractivity contribution in [2.24, 2.45) is 0 Å². The summed E-state index contributed by atoms with van der Waals surface area (Å²) in [5.74, 6) is 2.61. The van der Waals surface area contributed by atoms with Crippen LogP contribution in [0.25, 0.3) is 10.7 Å². The lowest BCUT2D eigenvalue weighted by atomic mass is 10.1. The SMILES string of the molecule is CC(NC(=O)CCCc1nc(-c2cccs2)no1)c1ccc2c(c1)OCCO2. The molecule has 1 amide bonds. The van der Waals surface area contributed by atoms with Gasteiger partial charge in [0.2, 0.25) is 17.6 Å². The lowest BCUT2D eigenvalue weighted by Gasteiger charge is -2.21. The maximum atomic E-state index is 12.3. The van der Waals surface area contributed by atoms with Gasteiger partial charge in [0.1, 0.15) is 13.2 Å². The summed E-state index contributed by atoms with van der Waals surface area (Å²) in [6, 6.07) is 9.53. The van der Waals surface area contributed by atoms with Gasteiger partial charge >= 0.3 is 0 Å². The van der Waals surface area contributed by atoms with Crippen LogP contribution in [0.2, 0.25) is 0 Å². The molecule has 1 aliphatic rings. The number of hydrogen-bond acceptors (Lipinski definition) is 7. The second kappa shape index (κ2) is 8.43. The normalized spacial score (nSPS) is 13.9. The highest BCUT2D eigenvalue weighted by Crippen LogP contribution is 2.32. The number of nitrogens with one attached hydrogen (secondary N) is 1. The Hall–Kier alpha value is -2.87. The first kappa shape index (κ1) is 18.5. The molecule has 0 bridgehead atoms. The molecule has 8 heteroatoms. The molecular weight excluding hydrogens is 378 g/mol. The molecular formula is C20H21N3O4S. The Kier molecular flexibility index (Phi) is 5.57. The van der Waals surface area contributed by atoms with Crippen molar-refractivity contribution < 1.29 is 18.8 Å². The van der Waals surface area contributed by atoms with Crippen LogP contribution >= 0.6 is 11.3 Å². The second-order valence-corrected chi connectivity index (χ2v) is 7.48.